The third kappa shape index (κ3) is 2.21. The van der Waals surface area contributed by atoms with Gasteiger partial charge in [0, 0.05) is 38.8 Å². The van der Waals surface area contributed by atoms with Crippen LogP contribution in [-0.4, -0.2) is 42.0 Å². The minimum Gasteiger partial charge on any atom is -0.408 e. The number of aromatic amines is 1. The van der Waals surface area contributed by atoms with Crippen LogP contribution in [0, 0.1) is 0 Å². The minimum atomic E-state index is -0.437. The van der Waals surface area contributed by atoms with E-state index in [1.54, 1.807) is 13.0 Å². The van der Waals surface area contributed by atoms with Crippen LogP contribution in [-0.2, 0) is 4.79 Å². The molecule has 1 saturated heterocycles. The molecule has 19 heavy (non-hydrogen) atoms. The number of rotatable bonds is 1. The predicted octanol–water partition coefficient (Wildman–Crippen LogP) is 0.790. The fraction of sp³-hybridized carbons (Fsp3) is 0.385. The summed E-state index contributed by atoms with van der Waals surface area (Å²) < 4.78 is 4.98. The molecule has 2 aromatic rings. The van der Waals surface area contributed by atoms with Crippen molar-refractivity contribution in [2.45, 2.75) is 6.92 Å². The SMILES string of the molecule is CC(=O)N1CCN(c2ccc3oc(=O)[nH]c3c2)CC1. The number of carbonyl (C=O) groups excluding carboxylic acids is 1. The highest BCUT2D eigenvalue weighted by atomic mass is 16.4. The zero-order valence-electron chi connectivity index (χ0n) is 10.7. The zero-order chi connectivity index (χ0) is 13.4. The van der Waals surface area contributed by atoms with Crippen molar-refractivity contribution in [2.24, 2.45) is 0 Å². The number of anilines is 1. The van der Waals surface area contributed by atoms with Crippen LogP contribution < -0.4 is 10.7 Å². The molecule has 1 fully saturated rings. The molecular weight excluding hydrogens is 246 g/mol. The fourth-order valence-corrected chi connectivity index (χ4v) is 2.42. The summed E-state index contributed by atoms with van der Waals surface area (Å²) in [6.45, 7) is 4.66. The van der Waals surface area contributed by atoms with E-state index in [0.717, 1.165) is 31.9 Å². The van der Waals surface area contributed by atoms with Crippen LogP contribution in [0.3, 0.4) is 0 Å². The van der Waals surface area contributed by atoms with E-state index in [9.17, 15) is 9.59 Å². The fourth-order valence-electron chi connectivity index (χ4n) is 2.42. The molecule has 1 aliphatic rings. The Hall–Kier alpha value is -2.24. The van der Waals surface area contributed by atoms with Gasteiger partial charge < -0.3 is 14.2 Å². The normalized spacial score (nSPS) is 16.1. The molecule has 1 aliphatic heterocycles. The number of hydrogen-bond acceptors (Lipinski definition) is 4. The molecule has 1 aromatic carbocycles. The van der Waals surface area contributed by atoms with Gasteiger partial charge in [-0.25, -0.2) is 4.79 Å². The average Bonchev–Trinajstić information content (AvgIpc) is 2.77. The number of fused-ring (bicyclic) bond motifs is 1. The lowest BCUT2D eigenvalue weighted by Crippen LogP contribution is -2.48. The summed E-state index contributed by atoms with van der Waals surface area (Å²) in [4.78, 5) is 29.1. The first-order valence-electron chi connectivity index (χ1n) is 6.27. The van der Waals surface area contributed by atoms with Gasteiger partial charge in [-0.3, -0.25) is 9.78 Å². The van der Waals surface area contributed by atoms with Gasteiger partial charge in [0.25, 0.3) is 0 Å². The van der Waals surface area contributed by atoms with E-state index in [1.165, 1.54) is 0 Å². The smallest absolute Gasteiger partial charge is 0.408 e. The van der Waals surface area contributed by atoms with Crippen molar-refractivity contribution in [3.8, 4) is 0 Å². The van der Waals surface area contributed by atoms with Crippen LogP contribution in [0.15, 0.2) is 27.4 Å². The predicted molar refractivity (Wildman–Crippen MR) is 71.3 cm³/mol. The van der Waals surface area contributed by atoms with Crippen molar-refractivity contribution in [3.63, 3.8) is 0 Å². The Morgan fingerprint density at radius 2 is 2.00 bits per heavy atom. The van der Waals surface area contributed by atoms with Gasteiger partial charge >= 0.3 is 5.76 Å². The third-order valence-electron chi connectivity index (χ3n) is 3.49. The van der Waals surface area contributed by atoms with Gasteiger partial charge in [0.05, 0.1) is 5.52 Å². The minimum absolute atomic E-state index is 0.120. The van der Waals surface area contributed by atoms with Crippen molar-refractivity contribution in [2.75, 3.05) is 31.1 Å². The maximum absolute atomic E-state index is 11.3. The third-order valence-corrected chi connectivity index (χ3v) is 3.49. The zero-order valence-corrected chi connectivity index (χ0v) is 10.7. The number of H-pyrrole nitrogens is 1. The topological polar surface area (TPSA) is 69.6 Å². The monoisotopic (exact) mass is 261 g/mol. The number of hydrogen-bond donors (Lipinski definition) is 1. The van der Waals surface area contributed by atoms with E-state index < -0.39 is 5.76 Å². The second-order valence-electron chi connectivity index (χ2n) is 4.69. The van der Waals surface area contributed by atoms with Gasteiger partial charge in [-0.15, -0.1) is 0 Å². The maximum Gasteiger partial charge on any atom is 0.417 e. The number of nitrogens with one attached hydrogen (secondary N) is 1. The molecule has 1 N–H and O–H groups in total. The van der Waals surface area contributed by atoms with Gasteiger partial charge in [0.2, 0.25) is 5.91 Å². The molecule has 0 saturated carbocycles. The van der Waals surface area contributed by atoms with E-state index >= 15 is 0 Å². The van der Waals surface area contributed by atoms with Gasteiger partial charge in [0.15, 0.2) is 5.58 Å². The molecule has 2 heterocycles. The van der Waals surface area contributed by atoms with Crippen LogP contribution >= 0.6 is 0 Å². The number of nitrogens with zero attached hydrogens (tertiary/aromatic N) is 2. The Kier molecular flexibility index (Phi) is 2.77. The van der Waals surface area contributed by atoms with E-state index in [4.69, 9.17) is 4.42 Å². The summed E-state index contributed by atoms with van der Waals surface area (Å²) >= 11 is 0. The number of piperazine rings is 1. The lowest BCUT2D eigenvalue weighted by Gasteiger charge is -2.35. The second-order valence-corrected chi connectivity index (χ2v) is 4.69. The molecule has 0 aliphatic carbocycles. The number of benzene rings is 1. The molecule has 1 aromatic heterocycles. The van der Waals surface area contributed by atoms with E-state index in [0.29, 0.717) is 11.1 Å². The molecule has 0 unspecified atom stereocenters. The molecule has 0 atom stereocenters. The summed E-state index contributed by atoms with van der Waals surface area (Å²) in [6.07, 6.45) is 0. The van der Waals surface area contributed by atoms with Crippen LogP contribution in [0.25, 0.3) is 11.1 Å². The highest BCUT2D eigenvalue weighted by Crippen LogP contribution is 2.21. The van der Waals surface area contributed by atoms with Crippen LogP contribution in [0.4, 0.5) is 5.69 Å². The Bertz CT molecular complexity index is 665. The molecule has 1 amide bonds. The second kappa shape index (κ2) is 4.46. The largest absolute Gasteiger partial charge is 0.417 e. The lowest BCUT2D eigenvalue weighted by atomic mass is 10.2. The number of aromatic nitrogens is 1. The molecule has 0 radical (unpaired) electrons. The first-order valence-corrected chi connectivity index (χ1v) is 6.27. The Morgan fingerprint density at radius 1 is 1.26 bits per heavy atom. The lowest BCUT2D eigenvalue weighted by molar-refractivity contribution is -0.129. The highest BCUT2D eigenvalue weighted by molar-refractivity contribution is 5.77. The molecular formula is C13H15N3O3. The van der Waals surface area contributed by atoms with E-state index in [1.807, 2.05) is 17.0 Å². The van der Waals surface area contributed by atoms with Crippen LogP contribution in [0.1, 0.15) is 6.92 Å². The first kappa shape index (κ1) is 11.8. The van der Waals surface area contributed by atoms with Crippen molar-refractivity contribution in [1.29, 1.82) is 0 Å². The molecule has 3 rings (SSSR count). The Labute approximate surface area is 109 Å². The highest BCUT2D eigenvalue weighted by Gasteiger charge is 2.19. The van der Waals surface area contributed by atoms with Crippen molar-refractivity contribution < 1.29 is 9.21 Å². The van der Waals surface area contributed by atoms with Crippen LogP contribution in [0.5, 0.6) is 0 Å². The quantitative estimate of drug-likeness (QED) is 0.824. The summed E-state index contributed by atoms with van der Waals surface area (Å²) in [5.74, 6) is -0.317. The Morgan fingerprint density at radius 3 is 2.68 bits per heavy atom. The van der Waals surface area contributed by atoms with Crippen molar-refractivity contribution >= 4 is 22.7 Å². The number of amides is 1. The molecule has 0 spiro atoms. The van der Waals surface area contributed by atoms with Gasteiger partial charge in [-0.2, -0.15) is 0 Å². The molecule has 6 nitrogen and oxygen atoms in total. The van der Waals surface area contributed by atoms with Crippen molar-refractivity contribution in [3.05, 3.63) is 28.7 Å². The molecule has 6 heteroatoms. The maximum atomic E-state index is 11.3. The summed E-state index contributed by atoms with van der Waals surface area (Å²) in [7, 11) is 0. The Balaban J connectivity index is 1.81. The summed E-state index contributed by atoms with van der Waals surface area (Å²) in [6, 6.07) is 5.63. The van der Waals surface area contributed by atoms with Gasteiger partial charge in [-0.1, -0.05) is 0 Å². The first-order chi connectivity index (χ1) is 9.13. The summed E-state index contributed by atoms with van der Waals surface area (Å²) in [5.41, 5.74) is 2.31. The standard InChI is InChI=1S/C13H15N3O3/c1-9(17)15-4-6-16(7-5-15)10-2-3-12-11(8-10)14-13(18)19-12/h2-3,8H,4-7H2,1H3,(H,14,18). The van der Waals surface area contributed by atoms with E-state index in [2.05, 4.69) is 9.88 Å². The van der Waals surface area contributed by atoms with Crippen molar-refractivity contribution in [1.82, 2.24) is 9.88 Å². The van der Waals surface area contributed by atoms with Gasteiger partial charge in [0.1, 0.15) is 0 Å². The number of oxazole rings is 1. The molecule has 100 valence electrons. The van der Waals surface area contributed by atoms with E-state index in [-0.39, 0.29) is 5.91 Å². The number of carbonyl (C=O) groups is 1. The summed E-state index contributed by atoms with van der Waals surface area (Å²) in [5, 5.41) is 0. The molecule has 0 bridgehead atoms. The van der Waals surface area contributed by atoms with Gasteiger partial charge in [-0.05, 0) is 18.2 Å². The van der Waals surface area contributed by atoms with Crippen LogP contribution in [0.2, 0.25) is 0 Å². The average molecular weight is 261 g/mol.